The van der Waals surface area contributed by atoms with Crippen LogP contribution in [0.2, 0.25) is 0 Å². The minimum absolute atomic E-state index is 0.255. The maximum absolute atomic E-state index is 14.3. The molecule has 0 saturated carbocycles. The average molecular weight is 464 g/mol. The number of amides is 1. The predicted octanol–water partition coefficient (Wildman–Crippen LogP) is 4.96. The van der Waals surface area contributed by atoms with Crippen LogP contribution < -0.4 is 15.6 Å². The second kappa shape index (κ2) is 9.46. The minimum atomic E-state index is -0.582. The summed E-state index contributed by atoms with van der Waals surface area (Å²) < 4.78 is 20.8. The molecule has 1 amide bonds. The van der Waals surface area contributed by atoms with Gasteiger partial charge in [-0.3, -0.25) is 14.2 Å². The Morgan fingerprint density at radius 3 is 2.55 bits per heavy atom. The summed E-state index contributed by atoms with van der Waals surface area (Å²) in [6.45, 7) is 3.38. The molecule has 8 heteroatoms. The average Bonchev–Trinajstić information content (AvgIpc) is 2.82. The number of hydrogen-bond donors (Lipinski definition) is 1. The summed E-state index contributed by atoms with van der Waals surface area (Å²) in [5, 5.41) is 2.99. The summed E-state index contributed by atoms with van der Waals surface area (Å²) in [5.41, 5.74) is 1.64. The molecule has 6 nitrogen and oxygen atoms in total. The lowest BCUT2D eigenvalue weighted by Gasteiger charge is -2.17. The van der Waals surface area contributed by atoms with Gasteiger partial charge in [-0.1, -0.05) is 30.0 Å². The zero-order chi connectivity index (χ0) is 23.5. The number of carbonyl (C=O) groups excluding carboxylic acids is 1. The van der Waals surface area contributed by atoms with Crippen molar-refractivity contribution >= 4 is 34.3 Å². The van der Waals surface area contributed by atoms with Gasteiger partial charge >= 0.3 is 0 Å². The van der Waals surface area contributed by atoms with Crippen molar-refractivity contribution in [3.63, 3.8) is 0 Å². The van der Waals surface area contributed by atoms with Gasteiger partial charge in [0, 0.05) is 5.69 Å². The first-order valence-corrected chi connectivity index (χ1v) is 11.1. The molecule has 4 rings (SSSR count). The van der Waals surface area contributed by atoms with Crippen LogP contribution in [0.3, 0.4) is 0 Å². The second-order valence-corrected chi connectivity index (χ2v) is 8.77. The number of rotatable bonds is 6. The first-order chi connectivity index (χ1) is 15.9. The first kappa shape index (κ1) is 22.5. The van der Waals surface area contributed by atoms with Gasteiger partial charge in [-0.2, -0.15) is 0 Å². The molecule has 168 valence electrons. The number of fused-ring (bicyclic) bond motifs is 1. The molecule has 0 spiro atoms. The maximum Gasteiger partial charge on any atom is 0.266 e. The van der Waals surface area contributed by atoms with Crippen molar-refractivity contribution in [1.29, 1.82) is 0 Å². The Kier molecular flexibility index (Phi) is 6.46. The van der Waals surface area contributed by atoms with Gasteiger partial charge in [0.25, 0.3) is 5.56 Å². The standard InChI is InChI=1S/C25H22FN3O3S/c1-15-8-11-18(14-21(15)26)29-24(31)20-6-4-5-7-22(20)28-25(29)33-16(2)23(30)27-17-9-12-19(32-3)13-10-17/h4-14,16H,1-3H3,(H,27,30). The van der Waals surface area contributed by atoms with Gasteiger partial charge in [0.2, 0.25) is 5.91 Å². The molecule has 1 heterocycles. The topological polar surface area (TPSA) is 73.2 Å². The first-order valence-electron chi connectivity index (χ1n) is 10.3. The smallest absolute Gasteiger partial charge is 0.266 e. The lowest BCUT2D eigenvalue weighted by molar-refractivity contribution is -0.115. The van der Waals surface area contributed by atoms with Crippen LogP contribution in [0.15, 0.2) is 76.7 Å². The molecule has 0 saturated heterocycles. The lowest BCUT2D eigenvalue weighted by atomic mass is 10.2. The van der Waals surface area contributed by atoms with Crippen molar-refractivity contribution in [2.45, 2.75) is 24.3 Å². The number of nitrogens with zero attached hydrogens (tertiary/aromatic N) is 2. The van der Waals surface area contributed by atoms with Gasteiger partial charge in [-0.25, -0.2) is 9.37 Å². The molecule has 4 aromatic rings. The molecule has 0 aliphatic rings. The number of methoxy groups -OCH3 is 1. The van der Waals surface area contributed by atoms with Gasteiger partial charge in [-0.15, -0.1) is 0 Å². The molecule has 3 aromatic carbocycles. The van der Waals surface area contributed by atoms with Crippen LogP contribution >= 0.6 is 11.8 Å². The largest absolute Gasteiger partial charge is 0.497 e. The highest BCUT2D eigenvalue weighted by Crippen LogP contribution is 2.27. The monoisotopic (exact) mass is 463 g/mol. The fourth-order valence-corrected chi connectivity index (χ4v) is 4.20. The summed E-state index contributed by atoms with van der Waals surface area (Å²) in [4.78, 5) is 30.8. The summed E-state index contributed by atoms with van der Waals surface area (Å²) in [6.07, 6.45) is 0. The van der Waals surface area contributed by atoms with Crippen molar-refractivity contribution in [2.75, 3.05) is 12.4 Å². The Labute approximate surface area is 194 Å². The van der Waals surface area contributed by atoms with Crippen LogP contribution in [-0.4, -0.2) is 27.8 Å². The van der Waals surface area contributed by atoms with E-state index in [0.29, 0.717) is 38.7 Å². The van der Waals surface area contributed by atoms with Crippen molar-refractivity contribution < 1.29 is 13.9 Å². The fourth-order valence-electron chi connectivity index (χ4n) is 3.27. The van der Waals surface area contributed by atoms with Crippen molar-refractivity contribution in [2.24, 2.45) is 0 Å². The highest BCUT2D eigenvalue weighted by Gasteiger charge is 2.21. The zero-order valence-corrected chi connectivity index (χ0v) is 19.2. The third-order valence-corrected chi connectivity index (χ3v) is 6.22. The predicted molar refractivity (Wildman–Crippen MR) is 129 cm³/mol. The van der Waals surface area contributed by atoms with E-state index in [1.54, 1.807) is 81.6 Å². The highest BCUT2D eigenvalue weighted by molar-refractivity contribution is 8.00. The summed E-state index contributed by atoms with van der Waals surface area (Å²) in [6, 6.07) is 18.5. The number of benzene rings is 3. The minimum Gasteiger partial charge on any atom is -0.497 e. The van der Waals surface area contributed by atoms with Crippen molar-refractivity contribution in [1.82, 2.24) is 9.55 Å². The van der Waals surface area contributed by atoms with Gasteiger partial charge in [0.1, 0.15) is 11.6 Å². The van der Waals surface area contributed by atoms with Crippen LogP contribution in [0.25, 0.3) is 16.6 Å². The van der Waals surface area contributed by atoms with E-state index in [1.807, 2.05) is 0 Å². The Morgan fingerprint density at radius 1 is 1.12 bits per heavy atom. The lowest BCUT2D eigenvalue weighted by Crippen LogP contribution is -2.26. The van der Waals surface area contributed by atoms with Gasteiger partial charge in [-0.05, 0) is 67.9 Å². The number of ether oxygens (including phenoxy) is 1. The van der Waals surface area contributed by atoms with E-state index in [0.717, 1.165) is 11.8 Å². The summed E-state index contributed by atoms with van der Waals surface area (Å²) in [5.74, 6) is 0.00755. The van der Waals surface area contributed by atoms with E-state index < -0.39 is 11.1 Å². The van der Waals surface area contributed by atoms with Gasteiger partial charge in [0.15, 0.2) is 5.16 Å². The maximum atomic E-state index is 14.3. The Balaban J connectivity index is 1.70. The third kappa shape index (κ3) is 4.75. The molecule has 1 N–H and O–H groups in total. The number of aryl methyl sites for hydroxylation is 1. The number of halogens is 1. The molecule has 0 radical (unpaired) electrons. The molecule has 0 fully saturated rings. The van der Waals surface area contributed by atoms with E-state index in [-0.39, 0.29) is 11.5 Å². The fraction of sp³-hybridized carbons (Fsp3) is 0.160. The van der Waals surface area contributed by atoms with Gasteiger partial charge < -0.3 is 10.1 Å². The normalized spacial score (nSPS) is 11.9. The summed E-state index contributed by atoms with van der Waals surface area (Å²) in [7, 11) is 1.57. The Morgan fingerprint density at radius 2 is 1.85 bits per heavy atom. The molecule has 0 aliphatic heterocycles. The number of thioether (sulfide) groups is 1. The molecular formula is C25H22FN3O3S. The van der Waals surface area contributed by atoms with Crippen LogP contribution in [0.5, 0.6) is 5.75 Å². The quantitative estimate of drug-likeness (QED) is 0.323. The van der Waals surface area contributed by atoms with Gasteiger partial charge in [0.05, 0.1) is 29.0 Å². The van der Waals surface area contributed by atoms with Crippen LogP contribution in [0, 0.1) is 12.7 Å². The van der Waals surface area contributed by atoms with E-state index in [2.05, 4.69) is 10.3 Å². The number of aromatic nitrogens is 2. The third-order valence-electron chi connectivity index (χ3n) is 5.17. The van der Waals surface area contributed by atoms with Crippen molar-refractivity contribution in [3.8, 4) is 11.4 Å². The second-order valence-electron chi connectivity index (χ2n) is 7.46. The van der Waals surface area contributed by atoms with E-state index in [4.69, 9.17) is 4.74 Å². The van der Waals surface area contributed by atoms with E-state index in [9.17, 15) is 14.0 Å². The zero-order valence-electron chi connectivity index (χ0n) is 18.3. The highest BCUT2D eigenvalue weighted by atomic mass is 32.2. The SMILES string of the molecule is COc1ccc(NC(=O)C(C)Sc2nc3ccccc3c(=O)n2-c2ccc(C)c(F)c2)cc1. The molecule has 33 heavy (non-hydrogen) atoms. The van der Waals surface area contributed by atoms with Crippen LogP contribution in [0.1, 0.15) is 12.5 Å². The molecule has 1 atom stereocenters. The number of hydrogen-bond acceptors (Lipinski definition) is 5. The number of para-hydroxylation sites is 1. The molecule has 1 unspecified atom stereocenters. The number of carbonyl (C=O) groups is 1. The molecule has 0 bridgehead atoms. The Bertz CT molecular complexity index is 1390. The summed E-state index contributed by atoms with van der Waals surface area (Å²) >= 11 is 1.13. The Hall–Kier alpha value is -3.65. The molecular weight excluding hydrogens is 441 g/mol. The van der Waals surface area contributed by atoms with Crippen LogP contribution in [0.4, 0.5) is 10.1 Å². The molecule has 1 aromatic heterocycles. The van der Waals surface area contributed by atoms with Crippen molar-refractivity contribution in [3.05, 3.63) is 88.5 Å². The number of anilines is 1. The van der Waals surface area contributed by atoms with Crippen LogP contribution in [-0.2, 0) is 4.79 Å². The number of nitrogens with one attached hydrogen (secondary N) is 1. The van der Waals surface area contributed by atoms with E-state index >= 15 is 0 Å². The van der Waals surface area contributed by atoms with E-state index in [1.165, 1.54) is 10.6 Å². The molecule has 0 aliphatic carbocycles.